The van der Waals surface area contributed by atoms with Crippen LogP contribution in [0.3, 0.4) is 0 Å². The third-order valence-electron chi connectivity index (χ3n) is 6.07. The van der Waals surface area contributed by atoms with E-state index < -0.39 is 5.41 Å². The van der Waals surface area contributed by atoms with E-state index in [9.17, 15) is 14.0 Å². The van der Waals surface area contributed by atoms with Crippen molar-refractivity contribution in [3.63, 3.8) is 0 Å². The number of amides is 2. The number of benzene rings is 1. The summed E-state index contributed by atoms with van der Waals surface area (Å²) in [6, 6.07) is 6.30. The van der Waals surface area contributed by atoms with E-state index in [4.69, 9.17) is 9.97 Å². The van der Waals surface area contributed by atoms with Crippen LogP contribution in [-0.2, 0) is 22.6 Å². The van der Waals surface area contributed by atoms with Gasteiger partial charge in [0.05, 0.1) is 6.54 Å². The van der Waals surface area contributed by atoms with Gasteiger partial charge in [-0.15, -0.1) is 0 Å². The van der Waals surface area contributed by atoms with Crippen molar-refractivity contribution in [2.24, 2.45) is 5.41 Å². The van der Waals surface area contributed by atoms with Crippen LogP contribution in [0.1, 0.15) is 62.2 Å². The number of rotatable bonds is 3. The summed E-state index contributed by atoms with van der Waals surface area (Å²) in [4.78, 5) is 38.6. The molecule has 1 saturated heterocycles. The number of anilines is 1. The van der Waals surface area contributed by atoms with Gasteiger partial charge < -0.3 is 4.90 Å². The number of aromatic nitrogens is 2. The number of carbonyl (C=O) groups excluding carboxylic acids is 2. The van der Waals surface area contributed by atoms with Gasteiger partial charge in [-0.2, -0.15) is 0 Å². The van der Waals surface area contributed by atoms with E-state index >= 15 is 0 Å². The first-order valence-corrected chi connectivity index (χ1v) is 10.8. The number of carbonyl (C=O) groups is 2. The van der Waals surface area contributed by atoms with Crippen molar-refractivity contribution in [2.75, 3.05) is 18.0 Å². The fourth-order valence-corrected chi connectivity index (χ4v) is 4.40. The van der Waals surface area contributed by atoms with E-state index in [-0.39, 0.29) is 30.1 Å². The number of nitrogens with zero attached hydrogens (tertiary/aromatic N) is 4. The van der Waals surface area contributed by atoms with Crippen LogP contribution in [0.15, 0.2) is 24.3 Å². The second kappa shape index (κ2) is 8.02. The fraction of sp³-hybridized carbons (Fsp3) is 0.500. The first-order valence-electron chi connectivity index (χ1n) is 10.8. The minimum absolute atomic E-state index is 0.0169. The highest BCUT2D eigenvalue weighted by molar-refractivity contribution is 5.95. The molecule has 2 aliphatic heterocycles. The Kier molecular flexibility index (Phi) is 5.54. The maximum absolute atomic E-state index is 13.7. The summed E-state index contributed by atoms with van der Waals surface area (Å²) in [7, 11) is 0. The minimum atomic E-state index is -0.421. The smallest absolute Gasteiger partial charge is 0.228 e. The van der Waals surface area contributed by atoms with Crippen molar-refractivity contribution in [3.05, 3.63) is 52.7 Å². The van der Waals surface area contributed by atoms with Gasteiger partial charge in [-0.1, -0.05) is 32.9 Å². The third kappa shape index (κ3) is 4.31. The van der Waals surface area contributed by atoms with Gasteiger partial charge in [-0.3, -0.25) is 14.5 Å². The van der Waals surface area contributed by atoms with Crippen molar-refractivity contribution in [2.45, 2.75) is 59.4 Å². The molecular formula is C24H29FN4O2. The van der Waals surface area contributed by atoms with Gasteiger partial charge in [-0.05, 0) is 37.5 Å². The largest absolute Gasteiger partial charge is 0.341 e. The molecule has 4 rings (SSSR count). The molecule has 31 heavy (non-hydrogen) atoms. The maximum Gasteiger partial charge on any atom is 0.228 e. The molecule has 7 heteroatoms. The van der Waals surface area contributed by atoms with Gasteiger partial charge in [0, 0.05) is 42.1 Å². The molecule has 6 nitrogen and oxygen atoms in total. The zero-order chi connectivity index (χ0) is 22.3. The third-order valence-corrected chi connectivity index (χ3v) is 6.07. The van der Waals surface area contributed by atoms with Gasteiger partial charge in [0.15, 0.2) is 0 Å². The van der Waals surface area contributed by atoms with Crippen LogP contribution in [0.2, 0.25) is 0 Å². The molecule has 0 unspecified atom stereocenters. The summed E-state index contributed by atoms with van der Waals surface area (Å²) in [5.74, 6) is 1.15. The van der Waals surface area contributed by atoms with Crippen LogP contribution >= 0.6 is 0 Å². The molecule has 0 bridgehead atoms. The Labute approximate surface area is 182 Å². The standard InChI is InChI=1S/C24H29FN4O2/c1-15-19-8-9-20(30)29(13-16-6-5-7-18(25)12-16)22(19)27-21(26-15)17-10-11-28(14-17)23(31)24(2,3)4/h5-7,12,17H,8-11,13-14H2,1-4H3/t17-/m1/s1. The van der Waals surface area contributed by atoms with Crippen LogP contribution in [0.4, 0.5) is 10.2 Å². The normalized spacial score (nSPS) is 19.0. The van der Waals surface area contributed by atoms with E-state index in [2.05, 4.69) is 0 Å². The lowest BCUT2D eigenvalue weighted by Gasteiger charge is -2.30. The second-order valence-corrected chi connectivity index (χ2v) is 9.57. The molecule has 1 fully saturated rings. The molecule has 0 N–H and O–H groups in total. The van der Waals surface area contributed by atoms with Crippen molar-refractivity contribution in [3.8, 4) is 0 Å². The molecule has 1 atom stereocenters. The summed E-state index contributed by atoms with van der Waals surface area (Å²) in [5, 5.41) is 0. The van der Waals surface area contributed by atoms with Gasteiger partial charge >= 0.3 is 0 Å². The molecule has 164 valence electrons. The highest BCUT2D eigenvalue weighted by Gasteiger charge is 2.36. The Morgan fingerprint density at radius 3 is 2.71 bits per heavy atom. The lowest BCUT2D eigenvalue weighted by atomic mass is 9.95. The Morgan fingerprint density at radius 1 is 1.23 bits per heavy atom. The van der Waals surface area contributed by atoms with Gasteiger partial charge in [0.2, 0.25) is 11.8 Å². The summed E-state index contributed by atoms with van der Waals surface area (Å²) in [6.07, 6.45) is 1.81. The fourth-order valence-electron chi connectivity index (χ4n) is 4.40. The van der Waals surface area contributed by atoms with E-state index in [0.29, 0.717) is 37.6 Å². The zero-order valence-electron chi connectivity index (χ0n) is 18.6. The van der Waals surface area contributed by atoms with Crippen molar-refractivity contribution in [1.29, 1.82) is 0 Å². The van der Waals surface area contributed by atoms with E-state index in [0.717, 1.165) is 23.2 Å². The van der Waals surface area contributed by atoms with E-state index in [1.807, 2.05) is 38.7 Å². The quantitative estimate of drug-likeness (QED) is 0.752. The van der Waals surface area contributed by atoms with Crippen LogP contribution in [0, 0.1) is 18.2 Å². The van der Waals surface area contributed by atoms with Crippen LogP contribution in [0.25, 0.3) is 0 Å². The molecule has 0 radical (unpaired) electrons. The van der Waals surface area contributed by atoms with Crippen LogP contribution < -0.4 is 4.90 Å². The van der Waals surface area contributed by atoms with Gasteiger partial charge in [-0.25, -0.2) is 14.4 Å². The molecule has 1 aromatic carbocycles. The van der Waals surface area contributed by atoms with Gasteiger partial charge in [0.1, 0.15) is 17.5 Å². The average Bonchev–Trinajstić information content (AvgIpc) is 3.19. The van der Waals surface area contributed by atoms with Crippen molar-refractivity contribution in [1.82, 2.24) is 14.9 Å². The topological polar surface area (TPSA) is 66.4 Å². The Hall–Kier alpha value is -2.83. The summed E-state index contributed by atoms with van der Waals surface area (Å²) in [5.41, 5.74) is 2.15. The lowest BCUT2D eigenvalue weighted by Crippen LogP contribution is -2.38. The maximum atomic E-state index is 13.7. The van der Waals surface area contributed by atoms with Crippen LogP contribution in [-0.4, -0.2) is 39.8 Å². The zero-order valence-corrected chi connectivity index (χ0v) is 18.6. The van der Waals surface area contributed by atoms with Crippen molar-refractivity contribution < 1.29 is 14.0 Å². The molecule has 3 heterocycles. The summed E-state index contributed by atoms with van der Waals surface area (Å²) < 4.78 is 13.7. The van der Waals surface area contributed by atoms with Crippen molar-refractivity contribution >= 4 is 17.6 Å². The number of halogens is 1. The molecule has 2 aromatic rings. The first kappa shape index (κ1) is 21.4. The molecule has 2 aliphatic rings. The van der Waals surface area contributed by atoms with E-state index in [1.54, 1.807) is 11.0 Å². The second-order valence-electron chi connectivity index (χ2n) is 9.57. The predicted molar refractivity (Wildman–Crippen MR) is 116 cm³/mol. The highest BCUT2D eigenvalue weighted by Crippen LogP contribution is 2.34. The molecule has 0 spiro atoms. The minimum Gasteiger partial charge on any atom is -0.341 e. The van der Waals surface area contributed by atoms with Crippen LogP contribution in [0.5, 0.6) is 0 Å². The molecule has 2 amide bonds. The number of hydrogen-bond acceptors (Lipinski definition) is 4. The Balaban J connectivity index is 1.63. The first-order chi connectivity index (χ1) is 14.6. The number of likely N-dealkylation sites (tertiary alicyclic amines) is 1. The molecule has 1 aromatic heterocycles. The number of hydrogen-bond donors (Lipinski definition) is 0. The average molecular weight is 425 g/mol. The Morgan fingerprint density at radius 2 is 2.00 bits per heavy atom. The highest BCUT2D eigenvalue weighted by atomic mass is 19.1. The predicted octanol–water partition coefficient (Wildman–Crippen LogP) is 3.77. The SMILES string of the molecule is Cc1nc([C@@H]2CCN(C(=O)C(C)(C)C)C2)nc2c1CCC(=O)N2Cc1cccc(F)c1. The number of fused-ring (bicyclic) bond motifs is 1. The summed E-state index contributed by atoms with van der Waals surface area (Å²) >= 11 is 0. The van der Waals surface area contributed by atoms with E-state index in [1.165, 1.54) is 12.1 Å². The molecule has 0 saturated carbocycles. The summed E-state index contributed by atoms with van der Waals surface area (Å²) in [6.45, 7) is 9.29. The molecular weight excluding hydrogens is 395 g/mol. The van der Waals surface area contributed by atoms with Gasteiger partial charge in [0.25, 0.3) is 0 Å². The Bertz CT molecular complexity index is 1030. The monoisotopic (exact) mass is 424 g/mol. The molecule has 0 aliphatic carbocycles. The number of aryl methyl sites for hydroxylation is 1. The lowest BCUT2D eigenvalue weighted by molar-refractivity contribution is -0.138.